The fourth-order valence-electron chi connectivity index (χ4n) is 4.35. The Labute approximate surface area is 188 Å². The van der Waals surface area contributed by atoms with E-state index in [0.717, 1.165) is 47.8 Å². The molecule has 0 bridgehead atoms. The lowest BCUT2D eigenvalue weighted by molar-refractivity contribution is -0.123. The first-order valence-corrected chi connectivity index (χ1v) is 11.3. The number of fused-ring (bicyclic) bond motifs is 1. The number of para-hydroxylation sites is 2. The van der Waals surface area contributed by atoms with E-state index in [1.54, 1.807) is 6.33 Å². The van der Waals surface area contributed by atoms with Crippen molar-refractivity contribution in [3.8, 4) is 0 Å². The van der Waals surface area contributed by atoms with Crippen molar-refractivity contribution >= 4 is 22.8 Å². The molecule has 0 saturated carbocycles. The Morgan fingerprint density at radius 1 is 1.28 bits per heavy atom. The van der Waals surface area contributed by atoms with Crippen molar-refractivity contribution in [2.75, 3.05) is 24.5 Å². The van der Waals surface area contributed by atoms with Crippen LogP contribution in [0.3, 0.4) is 0 Å². The van der Waals surface area contributed by atoms with Gasteiger partial charge in [-0.3, -0.25) is 4.79 Å². The predicted octanol–water partition coefficient (Wildman–Crippen LogP) is 2.48. The van der Waals surface area contributed by atoms with Crippen LogP contribution in [0.5, 0.6) is 0 Å². The van der Waals surface area contributed by atoms with Gasteiger partial charge in [-0.2, -0.15) is 0 Å². The van der Waals surface area contributed by atoms with Crippen LogP contribution >= 0.6 is 0 Å². The van der Waals surface area contributed by atoms with Gasteiger partial charge in [0.1, 0.15) is 24.5 Å². The summed E-state index contributed by atoms with van der Waals surface area (Å²) < 4.78 is 1.99. The maximum atomic E-state index is 12.9. The number of piperidine rings is 1. The van der Waals surface area contributed by atoms with E-state index in [1.807, 2.05) is 41.8 Å². The maximum Gasteiger partial charge on any atom is 0.240 e. The number of carbonyl (C=O) groups is 1. The molecular weight excluding hydrogens is 404 g/mol. The van der Waals surface area contributed by atoms with Crippen LogP contribution in [-0.2, 0) is 17.8 Å². The highest BCUT2D eigenvalue weighted by Crippen LogP contribution is 2.25. The molecule has 8 heteroatoms. The van der Waals surface area contributed by atoms with Gasteiger partial charge in [-0.15, -0.1) is 0 Å². The minimum Gasteiger partial charge on any atom is -0.386 e. The normalized spacial score (nSPS) is 19.0. The molecule has 3 heterocycles. The fraction of sp³-hybridized carbons (Fsp3) is 0.500. The van der Waals surface area contributed by atoms with E-state index in [2.05, 4.69) is 34.0 Å². The number of hydrogen-bond donors (Lipinski definition) is 2. The lowest BCUT2D eigenvalue weighted by Gasteiger charge is -2.39. The molecule has 1 aromatic carbocycles. The average Bonchev–Trinajstić information content (AvgIpc) is 3.09. The number of hydrogen-bond acceptors (Lipinski definition) is 6. The Balaban J connectivity index is 1.42. The molecule has 0 spiro atoms. The van der Waals surface area contributed by atoms with Gasteiger partial charge in [0, 0.05) is 37.8 Å². The van der Waals surface area contributed by atoms with E-state index in [0.29, 0.717) is 18.9 Å². The van der Waals surface area contributed by atoms with Crippen LogP contribution in [0.15, 0.2) is 36.7 Å². The first-order chi connectivity index (χ1) is 15.3. The smallest absolute Gasteiger partial charge is 0.240 e. The Kier molecular flexibility index (Phi) is 6.41. The Morgan fingerprint density at radius 3 is 2.88 bits per heavy atom. The number of imidazole rings is 1. The number of amides is 1. The molecule has 1 saturated heterocycles. The number of nitrogens with zero attached hydrogens (tertiary/aromatic N) is 5. The summed E-state index contributed by atoms with van der Waals surface area (Å²) >= 11 is 0. The predicted molar refractivity (Wildman–Crippen MR) is 124 cm³/mol. The second kappa shape index (κ2) is 9.24. The first kappa shape index (κ1) is 22.2. The number of rotatable bonds is 7. The van der Waals surface area contributed by atoms with Gasteiger partial charge in [0.25, 0.3) is 0 Å². The van der Waals surface area contributed by atoms with Crippen molar-refractivity contribution in [2.45, 2.75) is 52.2 Å². The summed E-state index contributed by atoms with van der Waals surface area (Å²) in [6, 6.07) is 9.82. The van der Waals surface area contributed by atoms with E-state index in [4.69, 9.17) is 4.98 Å². The second-order valence-electron chi connectivity index (χ2n) is 9.24. The summed E-state index contributed by atoms with van der Waals surface area (Å²) in [6.45, 7) is 7.87. The van der Waals surface area contributed by atoms with Gasteiger partial charge < -0.3 is 19.9 Å². The number of benzene rings is 1. The van der Waals surface area contributed by atoms with Crippen LogP contribution in [0.2, 0.25) is 0 Å². The molecule has 4 rings (SSSR count). The molecule has 32 heavy (non-hydrogen) atoms. The minimum absolute atomic E-state index is 0.124. The van der Waals surface area contributed by atoms with Crippen LogP contribution in [0.4, 0.5) is 5.82 Å². The molecule has 8 nitrogen and oxygen atoms in total. The van der Waals surface area contributed by atoms with Gasteiger partial charge in [-0.1, -0.05) is 26.0 Å². The molecule has 1 amide bonds. The molecule has 170 valence electrons. The monoisotopic (exact) mass is 436 g/mol. The standard InChI is InChI=1S/C24H32N6O2/c1-17(2)11-22-28-19-7-4-5-8-20(19)30(22)13-23(31)25-14-24(32)9-6-10-29(15-24)21-12-18(3)26-16-27-21/h4-5,7-8,12,16-17,32H,6,9-11,13-15H2,1-3H3,(H,25,31). The van der Waals surface area contributed by atoms with Gasteiger partial charge in [0.15, 0.2) is 0 Å². The topological polar surface area (TPSA) is 96.2 Å². The summed E-state index contributed by atoms with van der Waals surface area (Å²) in [7, 11) is 0. The lowest BCUT2D eigenvalue weighted by atomic mass is 9.92. The summed E-state index contributed by atoms with van der Waals surface area (Å²) in [5.41, 5.74) is 1.75. The van der Waals surface area contributed by atoms with E-state index < -0.39 is 5.60 Å². The van der Waals surface area contributed by atoms with Crippen molar-refractivity contribution in [3.63, 3.8) is 0 Å². The van der Waals surface area contributed by atoms with Crippen molar-refractivity contribution in [3.05, 3.63) is 48.2 Å². The quantitative estimate of drug-likeness (QED) is 0.591. The van der Waals surface area contributed by atoms with Gasteiger partial charge in [-0.05, 0) is 37.8 Å². The number of aryl methyl sites for hydroxylation is 1. The number of carbonyl (C=O) groups excluding carboxylic acids is 1. The molecule has 1 unspecified atom stereocenters. The van der Waals surface area contributed by atoms with Gasteiger partial charge in [0.05, 0.1) is 16.6 Å². The average molecular weight is 437 g/mol. The zero-order valence-corrected chi connectivity index (χ0v) is 19.1. The third-order valence-electron chi connectivity index (χ3n) is 5.91. The summed E-state index contributed by atoms with van der Waals surface area (Å²) in [4.78, 5) is 28.2. The lowest BCUT2D eigenvalue weighted by Crippen LogP contribution is -2.54. The summed E-state index contributed by atoms with van der Waals surface area (Å²) in [6.07, 6.45) is 3.82. The van der Waals surface area contributed by atoms with E-state index >= 15 is 0 Å². The van der Waals surface area contributed by atoms with Crippen molar-refractivity contribution in [1.29, 1.82) is 0 Å². The van der Waals surface area contributed by atoms with Crippen LogP contribution in [0.1, 0.15) is 38.2 Å². The summed E-state index contributed by atoms with van der Waals surface area (Å²) in [5, 5.41) is 14.1. The number of anilines is 1. The molecule has 1 aliphatic heterocycles. The SMILES string of the molecule is Cc1cc(N2CCCC(O)(CNC(=O)Cn3c(CC(C)C)nc4ccccc43)C2)ncn1. The van der Waals surface area contributed by atoms with Crippen molar-refractivity contribution in [1.82, 2.24) is 24.8 Å². The largest absolute Gasteiger partial charge is 0.386 e. The number of aliphatic hydroxyl groups is 1. The highest BCUT2D eigenvalue weighted by Gasteiger charge is 2.34. The van der Waals surface area contributed by atoms with Gasteiger partial charge >= 0.3 is 0 Å². The van der Waals surface area contributed by atoms with Crippen LogP contribution in [-0.4, -0.2) is 55.8 Å². The molecule has 3 aromatic rings. The van der Waals surface area contributed by atoms with Crippen molar-refractivity contribution < 1.29 is 9.90 Å². The summed E-state index contributed by atoms with van der Waals surface area (Å²) in [5.74, 6) is 2.04. The number of β-amino-alcohol motifs (C(OH)–C–C–N with tert-alkyl or cyclic N) is 1. The Bertz CT molecular complexity index is 1100. The van der Waals surface area contributed by atoms with E-state index in [9.17, 15) is 9.90 Å². The van der Waals surface area contributed by atoms with Gasteiger partial charge in [0.2, 0.25) is 5.91 Å². The fourth-order valence-corrected chi connectivity index (χ4v) is 4.35. The highest BCUT2D eigenvalue weighted by molar-refractivity contribution is 5.81. The minimum atomic E-state index is -0.996. The molecule has 2 N–H and O–H groups in total. The first-order valence-electron chi connectivity index (χ1n) is 11.3. The van der Waals surface area contributed by atoms with E-state index in [1.165, 1.54) is 0 Å². The zero-order valence-electron chi connectivity index (χ0n) is 19.1. The van der Waals surface area contributed by atoms with Crippen LogP contribution in [0.25, 0.3) is 11.0 Å². The Morgan fingerprint density at radius 2 is 2.09 bits per heavy atom. The maximum absolute atomic E-state index is 12.9. The molecule has 0 radical (unpaired) electrons. The molecule has 1 aliphatic rings. The second-order valence-corrected chi connectivity index (χ2v) is 9.24. The van der Waals surface area contributed by atoms with E-state index in [-0.39, 0.29) is 19.0 Å². The van der Waals surface area contributed by atoms with Crippen molar-refractivity contribution in [2.24, 2.45) is 5.92 Å². The molecule has 1 atom stereocenters. The Hall–Kier alpha value is -3.00. The van der Waals surface area contributed by atoms with Crippen LogP contribution in [0, 0.1) is 12.8 Å². The zero-order chi connectivity index (χ0) is 22.7. The number of nitrogens with one attached hydrogen (secondary N) is 1. The highest BCUT2D eigenvalue weighted by atomic mass is 16.3. The third kappa shape index (κ3) is 5.07. The molecule has 2 aromatic heterocycles. The van der Waals surface area contributed by atoms with Crippen LogP contribution < -0.4 is 10.2 Å². The molecule has 1 fully saturated rings. The molecular formula is C24H32N6O2. The molecule has 0 aliphatic carbocycles. The number of aromatic nitrogens is 4. The third-order valence-corrected chi connectivity index (χ3v) is 5.91. The van der Waals surface area contributed by atoms with Gasteiger partial charge in [-0.25, -0.2) is 15.0 Å².